The van der Waals surface area contributed by atoms with Gasteiger partial charge in [0.05, 0.1) is 12.1 Å². The molecule has 17 heavy (non-hydrogen) atoms. The van der Waals surface area contributed by atoms with Crippen LogP contribution in [-0.2, 0) is 0 Å². The maximum absolute atomic E-state index is 10.1. The molecule has 3 rings (SSSR count). The lowest BCUT2D eigenvalue weighted by Crippen LogP contribution is -2.41. The van der Waals surface area contributed by atoms with Crippen molar-refractivity contribution in [2.24, 2.45) is 0 Å². The Hall–Kier alpha value is -1.06. The summed E-state index contributed by atoms with van der Waals surface area (Å²) in [6, 6.07) is 8.04. The van der Waals surface area contributed by atoms with Gasteiger partial charge >= 0.3 is 0 Å². The van der Waals surface area contributed by atoms with Crippen molar-refractivity contribution in [2.45, 2.75) is 43.9 Å². The maximum Gasteiger partial charge on any atom is 0.115 e. The summed E-state index contributed by atoms with van der Waals surface area (Å²) in [7, 11) is 0. The zero-order valence-electron chi connectivity index (χ0n) is 9.92. The summed E-state index contributed by atoms with van der Waals surface area (Å²) in [5, 5.41) is 19.7. The summed E-state index contributed by atoms with van der Waals surface area (Å²) >= 11 is 0. The first-order valence-electron chi connectivity index (χ1n) is 6.48. The molecule has 2 N–H and O–H groups in total. The molecule has 0 spiro atoms. The van der Waals surface area contributed by atoms with Crippen LogP contribution < -0.4 is 0 Å². The zero-order chi connectivity index (χ0) is 11.8. The first-order chi connectivity index (χ1) is 8.25. The van der Waals surface area contributed by atoms with E-state index in [0.29, 0.717) is 6.04 Å². The molecule has 0 amide bonds. The van der Waals surface area contributed by atoms with Gasteiger partial charge in [0, 0.05) is 12.6 Å². The number of hydrogen-bond acceptors (Lipinski definition) is 3. The van der Waals surface area contributed by atoms with Crippen molar-refractivity contribution in [3.63, 3.8) is 0 Å². The molecule has 3 nitrogen and oxygen atoms in total. The predicted molar refractivity (Wildman–Crippen MR) is 65.8 cm³/mol. The zero-order valence-corrected chi connectivity index (χ0v) is 9.92. The van der Waals surface area contributed by atoms with Crippen LogP contribution in [-0.4, -0.2) is 33.8 Å². The molecule has 3 heteroatoms. The van der Waals surface area contributed by atoms with Crippen LogP contribution >= 0.6 is 0 Å². The van der Waals surface area contributed by atoms with Gasteiger partial charge in [0.2, 0.25) is 0 Å². The Labute approximate surface area is 102 Å². The molecule has 2 aliphatic rings. The fourth-order valence-corrected chi connectivity index (χ4v) is 3.05. The highest BCUT2D eigenvalue weighted by Crippen LogP contribution is 2.39. The van der Waals surface area contributed by atoms with Gasteiger partial charge in [0.25, 0.3) is 0 Å². The molecule has 0 radical (unpaired) electrons. The standard InChI is InChI=1S/C14H19NO2/c16-12-6-1-3-10(9-12)14-13(17)7-8-15(14)11-4-2-5-11/h1,3,6,9,11,13-14,16-17H,2,4-5,7-8H2. The van der Waals surface area contributed by atoms with Crippen molar-refractivity contribution in [1.29, 1.82) is 0 Å². The second-order valence-corrected chi connectivity index (χ2v) is 5.22. The average molecular weight is 233 g/mol. The Bertz CT molecular complexity index is 403. The summed E-state index contributed by atoms with van der Waals surface area (Å²) in [5.41, 5.74) is 1.04. The van der Waals surface area contributed by atoms with Gasteiger partial charge in [-0.1, -0.05) is 18.6 Å². The number of aliphatic hydroxyl groups excluding tert-OH is 1. The maximum atomic E-state index is 10.1. The van der Waals surface area contributed by atoms with E-state index in [1.807, 2.05) is 12.1 Å². The Kier molecular flexibility index (Phi) is 2.81. The van der Waals surface area contributed by atoms with Crippen LogP contribution in [0.15, 0.2) is 24.3 Å². The highest BCUT2D eigenvalue weighted by atomic mass is 16.3. The first-order valence-corrected chi connectivity index (χ1v) is 6.48. The normalized spacial score (nSPS) is 30.4. The third kappa shape index (κ3) is 1.94. The smallest absolute Gasteiger partial charge is 0.115 e. The lowest BCUT2D eigenvalue weighted by atomic mass is 9.89. The predicted octanol–water partition coefficient (Wildman–Crippen LogP) is 2.05. The van der Waals surface area contributed by atoms with Crippen molar-refractivity contribution in [3.8, 4) is 5.75 Å². The van der Waals surface area contributed by atoms with Crippen LogP contribution in [0, 0.1) is 0 Å². The second-order valence-electron chi connectivity index (χ2n) is 5.22. The van der Waals surface area contributed by atoms with Crippen LogP contribution in [0.1, 0.15) is 37.3 Å². The number of aromatic hydroxyl groups is 1. The Morgan fingerprint density at radius 3 is 2.65 bits per heavy atom. The topological polar surface area (TPSA) is 43.7 Å². The number of phenols is 1. The number of likely N-dealkylation sites (tertiary alicyclic amines) is 1. The Morgan fingerprint density at radius 1 is 1.18 bits per heavy atom. The monoisotopic (exact) mass is 233 g/mol. The van der Waals surface area contributed by atoms with Crippen molar-refractivity contribution in [3.05, 3.63) is 29.8 Å². The molecule has 0 bridgehead atoms. The number of benzene rings is 1. The van der Waals surface area contributed by atoms with Crippen LogP contribution in [0.25, 0.3) is 0 Å². The summed E-state index contributed by atoms with van der Waals surface area (Å²) in [6.45, 7) is 0.978. The molecule has 1 aliphatic carbocycles. The Balaban J connectivity index is 1.87. The molecule has 1 aromatic carbocycles. The van der Waals surface area contributed by atoms with Crippen molar-refractivity contribution in [1.82, 2.24) is 4.90 Å². The first kappa shape index (κ1) is 11.1. The molecular weight excluding hydrogens is 214 g/mol. The molecule has 1 saturated heterocycles. The van der Waals surface area contributed by atoms with Crippen molar-refractivity contribution >= 4 is 0 Å². The average Bonchev–Trinajstić information content (AvgIpc) is 2.58. The number of aliphatic hydroxyl groups is 1. The molecule has 1 saturated carbocycles. The van der Waals surface area contributed by atoms with E-state index in [-0.39, 0.29) is 17.9 Å². The molecule has 1 aliphatic heterocycles. The van der Waals surface area contributed by atoms with Crippen LogP contribution in [0.2, 0.25) is 0 Å². The van der Waals surface area contributed by atoms with Gasteiger partial charge in [-0.3, -0.25) is 4.90 Å². The molecule has 2 fully saturated rings. The van der Waals surface area contributed by atoms with E-state index in [1.165, 1.54) is 19.3 Å². The summed E-state index contributed by atoms with van der Waals surface area (Å²) in [4.78, 5) is 2.42. The van der Waals surface area contributed by atoms with Gasteiger partial charge in [0.15, 0.2) is 0 Å². The second kappa shape index (κ2) is 4.31. The van der Waals surface area contributed by atoms with E-state index in [0.717, 1.165) is 18.5 Å². The van der Waals surface area contributed by atoms with E-state index in [4.69, 9.17) is 0 Å². The van der Waals surface area contributed by atoms with E-state index < -0.39 is 0 Å². The number of phenolic OH excluding ortho intramolecular Hbond substituents is 1. The van der Waals surface area contributed by atoms with E-state index in [1.54, 1.807) is 12.1 Å². The minimum absolute atomic E-state index is 0.0763. The molecule has 92 valence electrons. The third-order valence-electron chi connectivity index (χ3n) is 4.16. The van der Waals surface area contributed by atoms with E-state index in [2.05, 4.69) is 4.90 Å². The Morgan fingerprint density at radius 2 is 2.00 bits per heavy atom. The van der Waals surface area contributed by atoms with Gasteiger partial charge in [-0.05, 0) is 37.0 Å². The third-order valence-corrected chi connectivity index (χ3v) is 4.16. The van der Waals surface area contributed by atoms with Gasteiger partial charge in [-0.15, -0.1) is 0 Å². The van der Waals surface area contributed by atoms with Gasteiger partial charge < -0.3 is 10.2 Å². The minimum atomic E-state index is -0.294. The molecule has 2 atom stereocenters. The van der Waals surface area contributed by atoms with Crippen LogP contribution in [0.5, 0.6) is 5.75 Å². The molecule has 2 unspecified atom stereocenters. The van der Waals surface area contributed by atoms with Gasteiger partial charge in [0.1, 0.15) is 5.75 Å². The molecule has 1 aromatic rings. The van der Waals surface area contributed by atoms with Crippen LogP contribution in [0.4, 0.5) is 0 Å². The van der Waals surface area contributed by atoms with Crippen molar-refractivity contribution in [2.75, 3.05) is 6.54 Å². The fourth-order valence-electron chi connectivity index (χ4n) is 3.05. The molecule has 0 aromatic heterocycles. The summed E-state index contributed by atoms with van der Waals surface area (Å²) in [5.74, 6) is 0.287. The highest BCUT2D eigenvalue weighted by molar-refractivity contribution is 5.31. The van der Waals surface area contributed by atoms with E-state index in [9.17, 15) is 10.2 Å². The fraction of sp³-hybridized carbons (Fsp3) is 0.571. The van der Waals surface area contributed by atoms with Gasteiger partial charge in [-0.2, -0.15) is 0 Å². The van der Waals surface area contributed by atoms with E-state index >= 15 is 0 Å². The largest absolute Gasteiger partial charge is 0.508 e. The highest BCUT2D eigenvalue weighted by Gasteiger charge is 2.39. The molecule has 1 heterocycles. The van der Waals surface area contributed by atoms with Gasteiger partial charge in [-0.25, -0.2) is 0 Å². The SMILES string of the molecule is Oc1cccc(C2C(O)CCN2C2CCC2)c1. The van der Waals surface area contributed by atoms with Crippen LogP contribution in [0.3, 0.4) is 0 Å². The quantitative estimate of drug-likeness (QED) is 0.821. The van der Waals surface area contributed by atoms with Crippen molar-refractivity contribution < 1.29 is 10.2 Å². The summed E-state index contributed by atoms with van der Waals surface area (Å²) < 4.78 is 0. The lowest BCUT2D eigenvalue weighted by molar-refractivity contribution is 0.0630. The summed E-state index contributed by atoms with van der Waals surface area (Å²) in [6.07, 6.45) is 4.36. The number of rotatable bonds is 2. The molecular formula is C14H19NO2. The minimum Gasteiger partial charge on any atom is -0.508 e. The number of hydrogen-bond donors (Lipinski definition) is 2. The number of nitrogens with zero attached hydrogens (tertiary/aromatic N) is 1. The lowest BCUT2D eigenvalue weighted by Gasteiger charge is -2.39.